The first kappa shape index (κ1) is 30.0. The van der Waals surface area contributed by atoms with E-state index in [9.17, 15) is 28.8 Å². The molecule has 0 aliphatic carbocycles. The van der Waals surface area contributed by atoms with Gasteiger partial charge in [-0.2, -0.15) is 0 Å². The van der Waals surface area contributed by atoms with Crippen molar-refractivity contribution in [3.8, 4) is 0 Å². The molecule has 2 unspecified atom stereocenters. The Balaban J connectivity index is 1.72. The van der Waals surface area contributed by atoms with Crippen LogP contribution < -0.4 is 0 Å². The lowest BCUT2D eigenvalue weighted by Crippen LogP contribution is -2.18. The summed E-state index contributed by atoms with van der Waals surface area (Å²) in [5, 5.41) is 0. The van der Waals surface area contributed by atoms with Gasteiger partial charge in [-0.15, -0.1) is 0 Å². The number of hydrogen-bond donors (Lipinski definition) is 0. The molecule has 0 radical (unpaired) electrons. The Hall–Kier alpha value is -4.22. The first-order valence-corrected chi connectivity index (χ1v) is 11.7. The van der Waals surface area contributed by atoms with E-state index >= 15 is 0 Å². The van der Waals surface area contributed by atoms with Gasteiger partial charge in [-0.1, -0.05) is 13.2 Å². The van der Waals surface area contributed by atoms with Gasteiger partial charge in [0, 0.05) is 28.7 Å². The molecule has 0 N–H and O–H groups in total. The van der Waals surface area contributed by atoms with Crippen LogP contribution in [0.5, 0.6) is 0 Å². The molecule has 12 heteroatoms. The highest BCUT2D eigenvalue weighted by Gasteiger charge is 2.35. The molecule has 0 spiro atoms. The van der Waals surface area contributed by atoms with Gasteiger partial charge in [0.05, 0.1) is 6.61 Å². The zero-order valence-corrected chi connectivity index (χ0v) is 21.7. The van der Waals surface area contributed by atoms with Gasteiger partial charge in [0.2, 0.25) is 11.5 Å². The highest BCUT2D eigenvalue weighted by Crippen LogP contribution is 2.28. The number of esters is 6. The minimum atomic E-state index is -0.965. The number of ether oxygens (including phenoxy) is 6. The Labute approximate surface area is 219 Å². The van der Waals surface area contributed by atoms with Crippen LogP contribution in [0.3, 0.4) is 0 Å². The van der Waals surface area contributed by atoms with Gasteiger partial charge < -0.3 is 28.4 Å². The summed E-state index contributed by atoms with van der Waals surface area (Å²) in [6.07, 6.45) is -0.857. The van der Waals surface area contributed by atoms with Crippen LogP contribution in [-0.4, -0.2) is 61.2 Å². The molecule has 38 heavy (non-hydrogen) atoms. The van der Waals surface area contributed by atoms with Crippen molar-refractivity contribution in [3.63, 3.8) is 0 Å². The third kappa shape index (κ3) is 8.15. The fourth-order valence-electron chi connectivity index (χ4n) is 3.19. The van der Waals surface area contributed by atoms with E-state index in [0.29, 0.717) is 11.1 Å². The quantitative estimate of drug-likeness (QED) is 0.147. The lowest BCUT2D eigenvalue weighted by Gasteiger charge is -2.12. The van der Waals surface area contributed by atoms with Crippen LogP contribution in [0.1, 0.15) is 53.4 Å². The number of cyclic esters (lactones) is 2. The van der Waals surface area contributed by atoms with E-state index in [0.717, 1.165) is 0 Å². The maximum atomic E-state index is 12.2. The van der Waals surface area contributed by atoms with Gasteiger partial charge in [-0.3, -0.25) is 4.79 Å². The van der Waals surface area contributed by atoms with E-state index in [-0.39, 0.29) is 55.0 Å². The highest BCUT2D eigenvalue weighted by molar-refractivity contribution is 5.94. The Morgan fingerprint density at radius 3 is 2.05 bits per heavy atom. The van der Waals surface area contributed by atoms with Crippen molar-refractivity contribution in [2.75, 3.05) is 13.2 Å². The molecule has 0 amide bonds. The topological polar surface area (TPSA) is 158 Å². The van der Waals surface area contributed by atoms with Gasteiger partial charge in [-0.25, -0.2) is 24.0 Å². The van der Waals surface area contributed by atoms with Crippen molar-refractivity contribution in [3.05, 3.63) is 47.0 Å². The number of hydrogen-bond acceptors (Lipinski definition) is 12. The second-order valence-corrected chi connectivity index (χ2v) is 8.65. The van der Waals surface area contributed by atoms with E-state index in [1.807, 2.05) is 0 Å². The lowest BCUT2D eigenvalue weighted by molar-refractivity contribution is -0.157. The Morgan fingerprint density at radius 1 is 0.842 bits per heavy atom. The minimum Gasteiger partial charge on any atom is -0.462 e. The number of rotatable bonds is 13. The molecule has 2 aliphatic heterocycles. The Bertz CT molecular complexity index is 1120. The summed E-state index contributed by atoms with van der Waals surface area (Å²) in [5.74, 6) is -5.07. The predicted molar refractivity (Wildman–Crippen MR) is 127 cm³/mol. The summed E-state index contributed by atoms with van der Waals surface area (Å²) in [6.45, 7) is 12.5. The summed E-state index contributed by atoms with van der Waals surface area (Å²) in [6, 6.07) is 0. The highest BCUT2D eigenvalue weighted by atomic mass is 16.6. The summed E-state index contributed by atoms with van der Waals surface area (Å²) < 4.78 is 29.9. The molecule has 0 fully saturated rings. The van der Waals surface area contributed by atoms with Crippen molar-refractivity contribution in [1.82, 2.24) is 0 Å². The predicted octanol–water partition coefficient (Wildman–Crippen LogP) is 2.27. The average molecular weight is 535 g/mol. The van der Waals surface area contributed by atoms with Crippen LogP contribution in [0.15, 0.2) is 47.0 Å². The summed E-state index contributed by atoms with van der Waals surface area (Å²) in [4.78, 5) is 71.1. The van der Waals surface area contributed by atoms with Crippen LogP contribution in [-0.2, 0) is 57.2 Å². The second kappa shape index (κ2) is 13.4. The summed E-state index contributed by atoms with van der Waals surface area (Å²) >= 11 is 0. The third-order valence-electron chi connectivity index (χ3n) is 5.57. The lowest BCUT2D eigenvalue weighted by atomic mass is 10.0. The molecule has 2 rings (SSSR count). The van der Waals surface area contributed by atoms with Crippen LogP contribution >= 0.6 is 0 Å². The van der Waals surface area contributed by atoms with Gasteiger partial charge in [0.15, 0.2) is 6.61 Å². The van der Waals surface area contributed by atoms with Gasteiger partial charge in [-0.05, 0) is 47.0 Å². The molecular weight excluding hydrogens is 504 g/mol. The average Bonchev–Trinajstić information content (AvgIpc) is 3.26. The van der Waals surface area contributed by atoms with Crippen LogP contribution in [0.25, 0.3) is 0 Å². The minimum absolute atomic E-state index is 0.0841. The number of carbonyl (C=O) groups excluding carboxylic acids is 6. The fourth-order valence-corrected chi connectivity index (χ4v) is 3.19. The van der Waals surface area contributed by atoms with Gasteiger partial charge in [0.25, 0.3) is 0 Å². The molecule has 0 saturated heterocycles. The van der Waals surface area contributed by atoms with Crippen LogP contribution in [0.4, 0.5) is 0 Å². The van der Waals surface area contributed by atoms with E-state index in [4.69, 9.17) is 23.7 Å². The molecular formula is C26H30O12. The zero-order valence-electron chi connectivity index (χ0n) is 21.7. The first-order valence-electron chi connectivity index (χ1n) is 11.7. The van der Waals surface area contributed by atoms with Crippen LogP contribution in [0, 0.1) is 0 Å². The standard InChI is InChI=1S/C26H30O12/c1-13(2)23(29)34-12-20(28)38-22-16(5)18(36-26(22)32)10-9-14(3)24(30)33-11-7-8-19(27)37-21-15(4)17(6)35-25(21)31/h17-18H,1,3,7-12H2,2,4-6H3. The fraction of sp³-hybridized carbons (Fsp3) is 0.462. The van der Waals surface area contributed by atoms with Crippen molar-refractivity contribution in [1.29, 1.82) is 0 Å². The molecule has 2 atom stereocenters. The zero-order chi connectivity index (χ0) is 28.6. The van der Waals surface area contributed by atoms with Crippen molar-refractivity contribution < 1.29 is 57.2 Å². The molecule has 0 aromatic carbocycles. The number of carbonyl (C=O) groups is 6. The van der Waals surface area contributed by atoms with Crippen LogP contribution in [0.2, 0.25) is 0 Å². The Kier molecular flexibility index (Phi) is 10.5. The monoisotopic (exact) mass is 534 g/mol. The largest absolute Gasteiger partial charge is 0.462 e. The van der Waals surface area contributed by atoms with Crippen molar-refractivity contribution in [2.45, 2.75) is 65.6 Å². The smallest absolute Gasteiger partial charge is 0.375 e. The molecule has 0 bridgehead atoms. The SMILES string of the molecule is C=C(C)C(=O)OCC(=O)OC1=C(C)C(CCC(=C)C(=O)OCCCC(=O)OC2=C(C)C(C)OC2=O)OC1=O. The molecule has 2 heterocycles. The normalized spacial score (nSPS) is 18.5. The first-order chi connectivity index (χ1) is 17.8. The second-order valence-electron chi connectivity index (χ2n) is 8.65. The van der Waals surface area contributed by atoms with E-state index in [1.165, 1.54) is 13.8 Å². The molecule has 0 aromatic rings. The van der Waals surface area contributed by atoms with Crippen molar-refractivity contribution >= 4 is 35.8 Å². The molecule has 0 saturated carbocycles. The molecule has 12 nitrogen and oxygen atoms in total. The molecule has 0 aromatic heterocycles. The summed E-state index contributed by atoms with van der Waals surface area (Å²) in [5.41, 5.74) is 1.07. The van der Waals surface area contributed by atoms with Crippen molar-refractivity contribution in [2.24, 2.45) is 0 Å². The third-order valence-corrected chi connectivity index (χ3v) is 5.57. The van der Waals surface area contributed by atoms with Gasteiger partial charge in [0.1, 0.15) is 12.2 Å². The Morgan fingerprint density at radius 2 is 1.45 bits per heavy atom. The summed E-state index contributed by atoms with van der Waals surface area (Å²) in [7, 11) is 0. The molecule has 2 aliphatic rings. The van der Waals surface area contributed by atoms with Gasteiger partial charge >= 0.3 is 35.8 Å². The van der Waals surface area contributed by atoms with E-state index in [2.05, 4.69) is 17.9 Å². The van der Waals surface area contributed by atoms with E-state index in [1.54, 1.807) is 13.8 Å². The maximum Gasteiger partial charge on any atom is 0.375 e. The molecule has 206 valence electrons. The van der Waals surface area contributed by atoms with E-state index < -0.39 is 54.6 Å². The maximum absolute atomic E-state index is 12.2.